The van der Waals surface area contributed by atoms with Crippen LogP contribution in [0, 0.1) is 0 Å². The monoisotopic (exact) mass is 244 g/mol. The number of carbonyl (C=O) groups is 1. The molecule has 1 rings (SSSR count). The van der Waals surface area contributed by atoms with Crippen LogP contribution in [-0.4, -0.2) is 45.0 Å². The van der Waals surface area contributed by atoms with Crippen molar-refractivity contribution < 1.29 is 4.79 Å². The Hall–Kier alpha value is -1.15. The Bertz CT molecular complexity index is 328. The number of amides is 1. The molecule has 90 valence electrons. The van der Waals surface area contributed by atoms with E-state index in [1.807, 2.05) is 6.92 Å². The number of nitrogens with one attached hydrogen (secondary N) is 1. The molecule has 16 heavy (non-hydrogen) atoms. The van der Waals surface area contributed by atoms with Gasteiger partial charge < -0.3 is 11.1 Å². The number of tetrazole rings is 1. The summed E-state index contributed by atoms with van der Waals surface area (Å²) in [4.78, 5) is 11.3. The Morgan fingerprint density at radius 1 is 1.62 bits per heavy atom. The predicted molar refractivity (Wildman–Crippen MR) is 60.9 cm³/mol. The van der Waals surface area contributed by atoms with E-state index in [-0.39, 0.29) is 5.91 Å². The summed E-state index contributed by atoms with van der Waals surface area (Å²) >= 11 is 1.31. The summed E-state index contributed by atoms with van der Waals surface area (Å²) in [7, 11) is 0. The fourth-order valence-electron chi connectivity index (χ4n) is 1.01. The molecule has 0 bridgehead atoms. The highest BCUT2D eigenvalue weighted by molar-refractivity contribution is 7.99. The first-order valence-electron chi connectivity index (χ1n) is 5.13. The third-order valence-corrected chi connectivity index (χ3v) is 2.70. The summed E-state index contributed by atoms with van der Waals surface area (Å²) in [6, 6.07) is 0. The van der Waals surface area contributed by atoms with Crippen LogP contribution >= 0.6 is 11.8 Å². The summed E-state index contributed by atoms with van der Waals surface area (Å²) < 4.78 is 1.60. The lowest BCUT2D eigenvalue weighted by Gasteiger charge is -2.03. The van der Waals surface area contributed by atoms with Crippen molar-refractivity contribution in [2.75, 3.05) is 18.8 Å². The van der Waals surface area contributed by atoms with Crippen molar-refractivity contribution in [2.45, 2.75) is 25.0 Å². The molecule has 8 heteroatoms. The van der Waals surface area contributed by atoms with E-state index in [0.29, 0.717) is 30.5 Å². The van der Waals surface area contributed by atoms with Crippen molar-refractivity contribution in [1.29, 1.82) is 0 Å². The van der Waals surface area contributed by atoms with Crippen LogP contribution in [0.1, 0.15) is 13.3 Å². The van der Waals surface area contributed by atoms with E-state index < -0.39 is 0 Å². The van der Waals surface area contributed by atoms with Crippen LogP contribution in [0.15, 0.2) is 5.16 Å². The van der Waals surface area contributed by atoms with Gasteiger partial charge in [-0.25, -0.2) is 4.68 Å². The molecule has 1 aromatic rings. The second-order valence-electron chi connectivity index (χ2n) is 3.11. The fraction of sp³-hybridized carbons (Fsp3) is 0.750. The number of hydrogen-bond donors (Lipinski definition) is 2. The minimum Gasteiger partial charge on any atom is -0.355 e. The molecule has 0 aliphatic rings. The van der Waals surface area contributed by atoms with Gasteiger partial charge in [0.25, 0.3) is 0 Å². The molecule has 0 aliphatic heterocycles. The lowest BCUT2D eigenvalue weighted by atomic mass is 10.5. The molecule has 1 heterocycles. The number of thioether (sulfide) groups is 1. The Labute approximate surface area is 98.1 Å². The molecular weight excluding hydrogens is 228 g/mol. The van der Waals surface area contributed by atoms with Crippen molar-refractivity contribution in [3.05, 3.63) is 0 Å². The molecular formula is C8H16N6OS. The first-order valence-corrected chi connectivity index (χ1v) is 6.12. The molecule has 1 aromatic heterocycles. The van der Waals surface area contributed by atoms with E-state index in [1.165, 1.54) is 11.8 Å². The highest BCUT2D eigenvalue weighted by Crippen LogP contribution is 2.12. The lowest BCUT2D eigenvalue weighted by molar-refractivity contribution is -0.118. The third kappa shape index (κ3) is 4.15. The number of rotatable bonds is 7. The molecule has 0 saturated heterocycles. The van der Waals surface area contributed by atoms with Crippen LogP contribution in [0.25, 0.3) is 0 Å². The standard InChI is InChI=1S/C8H16N6OS/c1-2-4-10-7(15)6-16-8-11-12-13-14(8)5-3-9/h2-6,9H2,1H3,(H,10,15). The van der Waals surface area contributed by atoms with Gasteiger partial charge in [-0.2, -0.15) is 0 Å². The van der Waals surface area contributed by atoms with Gasteiger partial charge in [-0.3, -0.25) is 4.79 Å². The zero-order chi connectivity index (χ0) is 11.8. The summed E-state index contributed by atoms with van der Waals surface area (Å²) in [6.07, 6.45) is 0.932. The molecule has 7 nitrogen and oxygen atoms in total. The van der Waals surface area contributed by atoms with Crippen LogP contribution < -0.4 is 11.1 Å². The van der Waals surface area contributed by atoms with Crippen LogP contribution in [0.2, 0.25) is 0 Å². The average molecular weight is 244 g/mol. The van der Waals surface area contributed by atoms with Gasteiger partial charge in [-0.05, 0) is 16.8 Å². The van der Waals surface area contributed by atoms with Crippen molar-refractivity contribution >= 4 is 17.7 Å². The van der Waals surface area contributed by atoms with E-state index in [0.717, 1.165) is 6.42 Å². The second kappa shape index (κ2) is 7.18. The molecule has 0 fully saturated rings. The fourth-order valence-corrected chi connectivity index (χ4v) is 1.74. The normalized spacial score (nSPS) is 10.4. The minimum atomic E-state index is -0.00542. The maximum absolute atomic E-state index is 11.3. The van der Waals surface area contributed by atoms with E-state index in [4.69, 9.17) is 5.73 Å². The maximum atomic E-state index is 11.3. The first kappa shape index (κ1) is 12.9. The molecule has 0 spiro atoms. The van der Waals surface area contributed by atoms with Gasteiger partial charge in [-0.1, -0.05) is 18.7 Å². The van der Waals surface area contributed by atoms with Crippen molar-refractivity contribution in [3.8, 4) is 0 Å². The Balaban J connectivity index is 2.35. The molecule has 0 aliphatic carbocycles. The number of hydrogen-bond acceptors (Lipinski definition) is 6. The average Bonchev–Trinajstić information content (AvgIpc) is 2.72. The topological polar surface area (TPSA) is 98.7 Å². The van der Waals surface area contributed by atoms with Crippen LogP contribution in [-0.2, 0) is 11.3 Å². The SMILES string of the molecule is CCCNC(=O)CSc1nnnn1CCN. The number of aromatic nitrogens is 4. The Kier molecular flexibility index (Phi) is 5.79. The van der Waals surface area contributed by atoms with Crippen LogP contribution in [0.3, 0.4) is 0 Å². The first-order chi connectivity index (χ1) is 7.77. The molecule has 0 saturated carbocycles. The van der Waals surface area contributed by atoms with Gasteiger partial charge in [-0.15, -0.1) is 5.10 Å². The smallest absolute Gasteiger partial charge is 0.230 e. The number of nitrogens with two attached hydrogens (primary N) is 1. The molecule has 3 N–H and O–H groups in total. The van der Waals surface area contributed by atoms with E-state index in [2.05, 4.69) is 20.8 Å². The lowest BCUT2D eigenvalue weighted by Crippen LogP contribution is -2.25. The van der Waals surface area contributed by atoms with E-state index >= 15 is 0 Å². The quantitative estimate of drug-likeness (QED) is 0.612. The predicted octanol–water partition coefficient (Wildman–Crippen LogP) is -0.750. The summed E-state index contributed by atoms with van der Waals surface area (Å²) in [5.74, 6) is 0.319. The van der Waals surface area contributed by atoms with Crippen molar-refractivity contribution in [1.82, 2.24) is 25.5 Å². The van der Waals surface area contributed by atoms with Gasteiger partial charge >= 0.3 is 0 Å². The maximum Gasteiger partial charge on any atom is 0.230 e. The van der Waals surface area contributed by atoms with Crippen LogP contribution in [0.4, 0.5) is 0 Å². The van der Waals surface area contributed by atoms with Crippen molar-refractivity contribution in [3.63, 3.8) is 0 Å². The molecule has 0 atom stereocenters. The van der Waals surface area contributed by atoms with Gasteiger partial charge in [0.1, 0.15) is 0 Å². The van der Waals surface area contributed by atoms with Gasteiger partial charge in [0.05, 0.1) is 12.3 Å². The van der Waals surface area contributed by atoms with Gasteiger partial charge in [0.15, 0.2) is 0 Å². The van der Waals surface area contributed by atoms with E-state index in [1.54, 1.807) is 4.68 Å². The summed E-state index contributed by atoms with van der Waals surface area (Å²) in [5, 5.41) is 14.5. The second-order valence-corrected chi connectivity index (χ2v) is 4.05. The Morgan fingerprint density at radius 3 is 3.12 bits per heavy atom. The summed E-state index contributed by atoms with van der Waals surface area (Å²) in [5.41, 5.74) is 5.41. The third-order valence-electron chi connectivity index (χ3n) is 1.74. The number of carbonyl (C=O) groups excluding carboxylic acids is 1. The zero-order valence-corrected chi connectivity index (χ0v) is 10.0. The molecule has 1 amide bonds. The highest BCUT2D eigenvalue weighted by atomic mass is 32.2. The highest BCUT2D eigenvalue weighted by Gasteiger charge is 2.08. The largest absolute Gasteiger partial charge is 0.355 e. The molecule has 0 aromatic carbocycles. The van der Waals surface area contributed by atoms with E-state index in [9.17, 15) is 4.79 Å². The van der Waals surface area contributed by atoms with Gasteiger partial charge in [0.2, 0.25) is 11.1 Å². The zero-order valence-electron chi connectivity index (χ0n) is 9.22. The Morgan fingerprint density at radius 2 is 2.44 bits per heavy atom. The minimum absolute atomic E-state index is 0.00542. The number of nitrogens with zero attached hydrogens (tertiary/aromatic N) is 4. The van der Waals surface area contributed by atoms with Crippen molar-refractivity contribution in [2.24, 2.45) is 5.73 Å². The molecule has 0 unspecified atom stereocenters. The van der Waals surface area contributed by atoms with Crippen LogP contribution in [0.5, 0.6) is 0 Å². The molecule has 0 radical (unpaired) electrons. The summed E-state index contributed by atoms with van der Waals surface area (Å²) in [6.45, 7) is 3.74. The van der Waals surface area contributed by atoms with Gasteiger partial charge in [0, 0.05) is 13.1 Å².